The van der Waals surface area contributed by atoms with Crippen LogP contribution in [0, 0.1) is 0 Å². The molecule has 2 bridgehead atoms. The summed E-state index contributed by atoms with van der Waals surface area (Å²) in [6.07, 6.45) is 6.58. The van der Waals surface area contributed by atoms with E-state index in [2.05, 4.69) is 10.5 Å². The van der Waals surface area contributed by atoms with Crippen molar-refractivity contribution in [1.29, 1.82) is 0 Å². The Morgan fingerprint density at radius 3 is 2.33 bits per heavy atom. The van der Waals surface area contributed by atoms with Crippen molar-refractivity contribution in [2.75, 3.05) is 13.1 Å². The number of halogens is 1. The highest BCUT2D eigenvalue weighted by Gasteiger charge is 2.49. The third-order valence-electron chi connectivity index (χ3n) is 6.83. The Bertz CT molecular complexity index is 867. The lowest BCUT2D eigenvalue weighted by Gasteiger charge is -2.41. The fourth-order valence-corrected chi connectivity index (χ4v) is 7.16. The van der Waals surface area contributed by atoms with Crippen LogP contribution in [0.1, 0.15) is 73.5 Å². The number of carbonyl (C=O) groups excluding carboxylic acids is 1. The summed E-state index contributed by atoms with van der Waals surface area (Å²) in [7, 11) is -3.48. The number of aromatic nitrogens is 1. The summed E-state index contributed by atoms with van der Waals surface area (Å²) in [6.45, 7) is 0.990. The van der Waals surface area contributed by atoms with Gasteiger partial charge < -0.3 is 15.6 Å². The van der Waals surface area contributed by atoms with E-state index in [1.54, 1.807) is 14.7 Å². The largest absolute Gasteiger partial charge is 0.360 e. The molecule has 4 fully saturated rings. The predicted octanol–water partition coefficient (Wildman–Crippen LogP) is 1.37. The number of nitrogens with zero attached hydrogens (tertiary/aromatic N) is 3. The van der Waals surface area contributed by atoms with Crippen molar-refractivity contribution in [1.82, 2.24) is 19.1 Å². The van der Waals surface area contributed by atoms with Crippen molar-refractivity contribution in [3.63, 3.8) is 0 Å². The molecule has 168 valence electrons. The Hall–Kier alpha value is -1.20. The van der Waals surface area contributed by atoms with Gasteiger partial charge in [0.25, 0.3) is 16.1 Å². The van der Waals surface area contributed by atoms with Crippen LogP contribution >= 0.6 is 12.4 Å². The van der Waals surface area contributed by atoms with Crippen LogP contribution in [0.15, 0.2) is 10.6 Å². The number of hydrogen-bond donors (Lipinski definition) is 2. The van der Waals surface area contributed by atoms with Crippen LogP contribution in [0.4, 0.5) is 0 Å². The second-order valence-corrected chi connectivity index (χ2v) is 10.8. The Balaban J connectivity index is 0.00000218. The van der Waals surface area contributed by atoms with Crippen molar-refractivity contribution in [3.05, 3.63) is 17.5 Å². The Kier molecular flexibility index (Phi) is 6.15. The van der Waals surface area contributed by atoms with Gasteiger partial charge in [0.05, 0.1) is 0 Å². The molecule has 4 heterocycles. The third-order valence-corrected chi connectivity index (χ3v) is 8.98. The van der Waals surface area contributed by atoms with Crippen molar-refractivity contribution in [3.8, 4) is 0 Å². The molecule has 1 saturated carbocycles. The molecule has 0 spiro atoms. The lowest BCUT2D eigenvalue weighted by molar-refractivity contribution is 0.0897. The van der Waals surface area contributed by atoms with E-state index in [4.69, 9.17) is 10.3 Å². The van der Waals surface area contributed by atoms with Gasteiger partial charge in [0.15, 0.2) is 5.69 Å². The van der Waals surface area contributed by atoms with Crippen molar-refractivity contribution >= 4 is 28.5 Å². The van der Waals surface area contributed by atoms with Crippen LogP contribution < -0.4 is 11.1 Å². The van der Waals surface area contributed by atoms with Crippen LogP contribution in [-0.2, 0) is 10.2 Å². The number of nitrogens with one attached hydrogen (secondary N) is 1. The molecule has 1 aromatic rings. The second kappa shape index (κ2) is 8.38. The van der Waals surface area contributed by atoms with E-state index in [0.717, 1.165) is 31.4 Å². The van der Waals surface area contributed by atoms with Crippen molar-refractivity contribution in [2.24, 2.45) is 5.73 Å². The zero-order chi connectivity index (χ0) is 20.2. The highest BCUT2D eigenvalue weighted by Crippen LogP contribution is 2.41. The summed E-state index contributed by atoms with van der Waals surface area (Å²) < 4.78 is 35.1. The van der Waals surface area contributed by atoms with Gasteiger partial charge >= 0.3 is 0 Å². The average Bonchev–Trinajstić information content (AvgIpc) is 3.34. The van der Waals surface area contributed by atoms with Crippen LogP contribution in [0.5, 0.6) is 0 Å². The number of amides is 1. The van der Waals surface area contributed by atoms with Gasteiger partial charge in [-0.15, -0.1) is 12.4 Å². The number of nitrogens with two attached hydrogens (primary N) is 1. The number of fused-ring (bicyclic) bond motifs is 2. The van der Waals surface area contributed by atoms with E-state index in [9.17, 15) is 13.2 Å². The maximum Gasteiger partial charge on any atom is 0.282 e. The Morgan fingerprint density at radius 2 is 1.73 bits per heavy atom. The molecule has 0 radical (unpaired) electrons. The summed E-state index contributed by atoms with van der Waals surface area (Å²) in [5.74, 6) is 0.974. The zero-order valence-corrected chi connectivity index (χ0v) is 18.5. The fourth-order valence-electron chi connectivity index (χ4n) is 5.08. The minimum Gasteiger partial charge on any atom is -0.360 e. The molecule has 1 aromatic heterocycles. The summed E-state index contributed by atoms with van der Waals surface area (Å²) in [5, 5.41) is 6.96. The van der Waals surface area contributed by atoms with E-state index in [1.165, 1.54) is 0 Å². The first-order valence-corrected chi connectivity index (χ1v) is 12.1. The third kappa shape index (κ3) is 4.12. The van der Waals surface area contributed by atoms with E-state index in [0.29, 0.717) is 50.4 Å². The van der Waals surface area contributed by atoms with Gasteiger partial charge in [-0.2, -0.15) is 17.0 Å². The molecule has 9 nitrogen and oxygen atoms in total. The first-order valence-electron chi connectivity index (χ1n) is 10.7. The van der Waals surface area contributed by atoms with E-state index >= 15 is 0 Å². The fraction of sp³-hybridized carbons (Fsp3) is 0.789. The average molecular weight is 460 g/mol. The minimum atomic E-state index is -3.48. The number of piperidine rings is 2. The van der Waals surface area contributed by atoms with Gasteiger partial charge in [0, 0.05) is 49.2 Å². The standard InChI is InChI=1S/C19H29N5O4S.ClH/c20-13-5-7-23(8-6-13)29(26,27)24-15-3-4-16(24)10-14(9-15)21-19(25)17-11-18(28-22-17)12-1-2-12;/h11-16H,1-10,20H2,(H,21,25);1H/t14?,15-,16+;. The summed E-state index contributed by atoms with van der Waals surface area (Å²) >= 11 is 0. The van der Waals surface area contributed by atoms with Gasteiger partial charge in [0.1, 0.15) is 5.76 Å². The monoisotopic (exact) mass is 459 g/mol. The topological polar surface area (TPSA) is 122 Å². The predicted molar refractivity (Wildman–Crippen MR) is 113 cm³/mol. The highest BCUT2D eigenvalue weighted by atomic mass is 35.5. The quantitative estimate of drug-likeness (QED) is 0.685. The zero-order valence-electron chi connectivity index (χ0n) is 16.9. The van der Waals surface area contributed by atoms with E-state index in [1.807, 2.05) is 0 Å². The van der Waals surface area contributed by atoms with Crippen molar-refractivity contribution < 1.29 is 17.7 Å². The summed E-state index contributed by atoms with van der Waals surface area (Å²) in [4.78, 5) is 12.6. The molecule has 3 aliphatic heterocycles. The van der Waals surface area contributed by atoms with E-state index in [-0.39, 0.29) is 42.5 Å². The van der Waals surface area contributed by atoms with Gasteiger partial charge in [-0.25, -0.2) is 0 Å². The smallest absolute Gasteiger partial charge is 0.282 e. The highest BCUT2D eigenvalue weighted by molar-refractivity contribution is 7.86. The molecular weight excluding hydrogens is 430 g/mol. The Morgan fingerprint density at radius 1 is 1.10 bits per heavy atom. The lowest BCUT2D eigenvalue weighted by Crippen LogP contribution is -2.57. The Labute approximate surface area is 183 Å². The van der Waals surface area contributed by atoms with Gasteiger partial charge in [0.2, 0.25) is 0 Å². The molecule has 30 heavy (non-hydrogen) atoms. The van der Waals surface area contributed by atoms with Gasteiger partial charge in [-0.1, -0.05) is 5.16 Å². The van der Waals surface area contributed by atoms with Crippen LogP contribution in [0.2, 0.25) is 0 Å². The summed E-state index contributed by atoms with van der Waals surface area (Å²) in [5.41, 5.74) is 6.25. The number of hydrogen-bond acceptors (Lipinski definition) is 6. The van der Waals surface area contributed by atoms with Crippen LogP contribution in [0.3, 0.4) is 0 Å². The normalized spacial score (nSPS) is 30.8. The first kappa shape index (κ1) is 22.0. The molecule has 4 aliphatic rings. The molecule has 1 aliphatic carbocycles. The summed E-state index contributed by atoms with van der Waals surface area (Å²) in [6, 6.07) is 1.68. The number of carbonyl (C=O) groups is 1. The SMILES string of the molecule is Cl.NC1CCN(S(=O)(=O)N2[C@@H]3CC[C@H]2CC(NC(=O)c2cc(C4CC4)on2)C3)CC1. The van der Waals surface area contributed by atoms with Crippen LogP contribution in [0.25, 0.3) is 0 Å². The van der Waals surface area contributed by atoms with Crippen molar-refractivity contribution in [2.45, 2.75) is 81.5 Å². The number of rotatable bonds is 5. The maximum absolute atomic E-state index is 13.2. The molecule has 11 heteroatoms. The molecular formula is C19H30ClN5O4S. The first-order chi connectivity index (χ1) is 13.9. The van der Waals surface area contributed by atoms with Gasteiger partial charge in [-0.05, 0) is 51.4 Å². The molecule has 1 amide bonds. The molecule has 0 aromatic carbocycles. The molecule has 5 rings (SSSR count). The lowest BCUT2D eigenvalue weighted by atomic mass is 9.99. The molecule has 3 N–H and O–H groups in total. The molecule has 3 saturated heterocycles. The van der Waals surface area contributed by atoms with Crippen LogP contribution in [-0.4, -0.2) is 65.3 Å². The maximum atomic E-state index is 13.2. The second-order valence-electron chi connectivity index (χ2n) is 8.99. The molecule has 3 atom stereocenters. The van der Waals surface area contributed by atoms with Gasteiger partial charge in [-0.3, -0.25) is 4.79 Å². The van der Waals surface area contributed by atoms with E-state index < -0.39 is 10.2 Å². The minimum absolute atomic E-state index is 0. The molecule has 1 unspecified atom stereocenters.